The minimum Gasteiger partial charge on any atom is -0.394 e. The van der Waals surface area contributed by atoms with Gasteiger partial charge in [-0.15, -0.1) is 0 Å². The van der Waals surface area contributed by atoms with Crippen LogP contribution in [0.1, 0.15) is 31.9 Å². The van der Waals surface area contributed by atoms with E-state index in [1.165, 1.54) is 12.8 Å². The van der Waals surface area contributed by atoms with Gasteiger partial charge in [-0.25, -0.2) is 0 Å². The van der Waals surface area contributed by atoms with Crippen molar-refractivity contribution in [1.82, 2.24) is 14.7 Å². The molecule has 5 heteroatoms. The van der Waals surface area contributed by atoms with Gasteiger partial charge in [-0.2, -0.15) is 5.10 Å². The van der Waals surface area contributed by atoms with E-state index < -0.39 is 0 Å². The van der Waals surface area contributed by atoms with Crippen molar-refractivity contribution in [1.29, 1.82) is 0 Å². The number of hydrogen-bond acceptors (Lipinski definition) is 4. The summed E-state index contributed by atoms with van der Waals surface area (Å²) in [7, 11) is 4.14. The molecular formula is C13H25N5. The third kappa shape index (κ3) is 2.96. The zero-order chi connectivity index (χ0) is 13.1. The number of nitrogens with two attached hydrogens (primary N) is 1. The Bertz CT molecular complexity index is 394. The van der Waals surface area contributed by atoms with Gasteiger partial charge in [0.1, 0.15) is 5.82 Å². The second-order valence-electron chi connectivity index (χ2n) is 5.22. The fraction of sp³-hybridized carbons (Fsp3) is 0.769. The maximum atomic E-state index is 6.12. The first-order valence-electron chi connectivity index (χ1n) is 6.89. The molecule has 0 aromatic carbocycles. The lowest BCUT2D eigenvalue weighted by Crippen LogP contribution is -2.27. The lowest BCUT2D eigenvalue weighted by atomic mass is 10.2. The predicted octanol–water partition coefficient (Wildman–Crippen LogP) is 1.46. The highest BCUT2D eigenvalue weighted by Crippen LogP contribution is 2.25. The standard InChI is InChI=1S/C13H25N5/c1-4-5-11-12(14)13(18(3)16-11)15-8-9-17(2)10-6-7-10/h10,15H,4-9,14H2,1-3H3. The van der Waals surface area contributed by atoms with Gasteiger partial charge in [0, 0.05) is 26.2 Å². The van der Waals surface area contributed by atoms with Crippen LogP contribution >= 0.6 is 0 Å². The minimum atomic E-state index is 0.811. The van der Waals surface area contributed by atoms with Crippen LogP contribution in [0.5, 0.6) is 0 Å². The molecule has 0 aliphatic heterocycles. The van der Waals surface area contributed by atoms with Crippen molar-refractivity contribution in [2.24, 2.45) is 7.05 Å². The summed E-state index contributed by atoms with van der Waals surface area (Å²) in [4.78, 5) is 2.41. The molecule has 0 atom stereocenters. The Morgan fingerprint density at radius 3 is 2.83 bits per heavy atom. The number of nitrogen functional groups attached to an aromatic ring is 1. The Morgan fingerprint density at radius 2 is 2.22 bits per heavy atom. The molecule has 1 aliphatic rings. The Morgan fingerprint density at radius 1 is 1.50 bits per heavy atom. The van der Waals surface area contributed by atoms with E-state index in [1.54, 1.807) is 0 Å². The molecular weight excluding hydrogens is 226 g/mol. The van der Waals surface area contributed by atoms with Crippen molar-refractivity contribution >= 4 is 11.5 Å². The van der Waals surface area contributed by atoms with Crippen molar-refractivity contribution in [3.8, 4) is 0 Å². The topological polar surface area (TPSA) is 59.1 Å². The second-order valence-corrected chi connectivity index (χ2v) is 5.22. The number of anilines is 2. The molecule has 0 unspecified atom stereocenters. The van der Waals surface area contributed by atoms with Crippen molar-refractivity contribution in [2.45, 2.75) is 38.6 Å². The van der Waals surface area contributed by atoms with E-state index in [0.29, 0.717) is 0 Å². The van der Waals surface area contributed by atoms with Crippen LogP contribution in [0, 0.1) is 0 Å². The molecule has 0 saturated heterocycles. The van der Waals surface area contributed by atoms with E-state index in [9.17, 15) is 0 Å². The highest BCUT2D eigenvalue weighted by atomic mass is 15.3. The van der Waals surface area contributed by atoms with E-state index in [-0.39, 0.29) is 0 Å². The van der Waals surface area contributed by atoms with Crippen molar-refractivity contribution in [2.75, 3.05) is 31.2 Å². The summed E-state index contributed by atoms with van der Waals surface area (Å²) in [6, 6.07) is 0.811. The number of likely N-dealkylation sites (N-methyl/N-ethyl adjacent to an activating group) is 1. The quantitative estimate of drug-likeness (QED) is 0.770. The van der Waals surface area contributed by atoms with Gasteiger partial charge in [0.25, 0.3) is 0 Å². The largest absolute Gasteiger partial charge is 0.394 e. The van der Waals surface area contributed by atoms with Gasteiger partial charge < -0.3 is 16.0 Å². The van der Waals surface area contributed by atoms with Gasteiger partial charge in [0.05, 0.1) is 11.4 Å². The average Bonchev–Trinajstić information content (AvgIpc) is 3.13. The molecule has 0 spiro atoms. The van der Waals surface area contributed by atoms with Crippen LogP contribution in [-0.4, -0.2) is 40.9 Å². The van der Waals surface area contributed by atoms with Crippen LogP contribution in [-0.2, 0) is 13.5 Å². The Labute approximate surface area is 109 Å². The van der Waals surface area contributed by atoms with E-state index in [4.69, 9.17) is 5.73 Å². The van der Waals surface area contributed by atoms with E-state index >= 15 is 0 Å². The Kier molecular flexibility index (Phi) is 4.11. The summed E-state index contributed by atoms with van der Waals surface area (Å²) < 4.78 is 1.86. The summed E-state index contributed by atoms with van der Waals surface area (Å²) >= 11 is 0. The maximum absolute atomic E-state index is 6.12. The number of nitrogens with zero attached hydrogens (tertiary/aromatic N) is 3. The molecule has 1 aromatic rings. The molecule has 1 aromatic heterocycles. The van der Waals surface area contributed by atoms with E-state index in [1.807, 2.05) is 11.7 Å². The average molecular weight is 251 g/mol. The molecule has 0 bridgehead atoms. The monoisotopic (exact) mass is 251 g/mol. The molecule has 1 saturated carbocycles. The fourth-order valence-electron chi connectivity index (χ4n) is 2.28. The molecule has 1 heterocycles. The highest BCUT2D eigenvalue weighted by molar-refractivity contribution is 5.65. The highest BCUT2D eigenvalue weighted by Gasteiger charge is 2.25. The third-order valence-corrected chi connectivity index (χ3v) is 3.57. The molecule has 1 fully saturated rings. The summed E-state index contributed by atoms with van der Waals surface area (Å²) in [5, 5.41) is 7.87. The lowest BCUT2D eigenvalue weighted by molar-refractivity contribution is 0.337. The van der Waals surface area contributed by atoms with Gasteiger partial charge >= 0.3 is 0 Å². The number of hydrogen-bond donors (Lipinski definition) is 2. The summed E-state index contributed by atoms with van der Waals surface area (Å²) in [6.45, 7) is 4.12. The fourth-order valence-corrected chi connectivity index (χ4v) is 2.28. The molecule has 1 aliphatic carbocycles. The van der Waals surface area contributed by atoms with Crippen LogP contribution in [0.4, 0.5) is 11.5 Å². The molecule has 102 valence electrons. The SMILES string of the molecule is CCCc1nn(C)c(NCCN(C)C2CC2)c1N. The molecule has 18 heavy (non-hydrogen) atoms. The van der Waals surface area contributed by atoms with Crippen molar-refractivity contribution in [3.05, 3.63) is 5.69 Å². The normalized spacial score (nSPS) is 15.3. The van der Waals surface area contributed by atoms with Crippen molar-refractivity contribution in [3.63, 3.8) is 0 Å². The summed E-state index contributed by atoms with van der Waals surface area (Å²) in [5.41, 5.74) is 7.95. The molecule has 0 radical (unpaired) electrons. The van der Waals surface area contributed by atoms with Gasteiger partial charge in [0.15, 0.2) is 0 Å². The Hall–Kier alpha value is -1.23. The predicted molar refractivity (Wildman–Crippen MR) is 75.8 cm³/mol. The van der Waals surface area contributed by atoms with E-state index in [0.717, 1.165) is 49.2 Å². The summed E-state index contributed by atoms with van der Waals surface area (Å²) in [6.07, 6.45) is 4.73. The van der Waals surface area contributed by atoms with Gasteiger partial charge in [-0.05, 0) is 26.3 Å². The smallest absolute Gasteiger partial charge is 0.147 e. The van der Waals surface area contributed by atoms with Crippen LogP contribution in [0.25, 0.3) is 0 Å². The van der Waals surface area contributed by atoms with Crippen LogP contribution < -0.4 is 11.1 Å². The Balaban J connectivity index is 1.87. The second kappa shape index (κ2) is 5.61. The van der Waals surface area contributed by atoms with E-state index in [2.05, 4.69) is 29.3 Å². The molecule has 2 rings (SSSR count). The first-order chi connectivity index (χ1) is 8.63. The first kappa shape index (κ1) is 13.2. The molecule has 0 amide bonds. The van der Waals surface area contributed by atoms with Gasteiger partial charge in [-0.3, -0.25) is 4.68 Å². The maximum Gasteiger partial charge on any atom is 0.147 e. The molecule has 3 N–H and O–H groups in total. The first-order valence-corrected chi connectivity index (χ1v) is 6.89. The summed E-state index contributed by atoms with van der Waals surface area (Å²) in [5.74, 6) is 0.961. The number of rotatable bonds is 7. The van der Waals surface area contributed by atoms with Gasteiger partial charge in [0.2, 0.25) is 0 Å². The molecule has 5 nitrogen and oxygen atoms in total. The lowest BCUT2D eigenvalue weighted by Gasteiger charge is -2.16. The third-order valence-electron chi connectivity index (χ3n) is 3.57. The van der Waals surface area contributed by atoms with Crippen LogP contribution in [0.15, 0.2) is 0 Å². The zero-order valence-electron chi connectivity index (χ0n) is 11.7. The van der Waals surface area contributed by atoms with Crippen molar-refractivity contribution < 1.29 is 0 Å². The minimum absolute atomic E-state index is 0.811. The van der Waals surface area contributed by atoms with Crippen LogP contribution in [0.2, 0.25) is 0 Å². The number of nitrogens with one attached hydrogen (secondary N) is 1. The van der Waals surface area contributed by atoms with Crippen LogP contribution in [0.3, 0.4) is 0 Å². The number of aryl methyl sites for hydroxylation is 2. The zero-order valence-corrected chi connectivity index (χ0v) is 11.7. The number of aromatic nitrogens is 2. The van der Waals surface area contributed by atoms with Gasteiger partial charge in [-0.1, -0.05) is 13.3 Å².